The van der Waals surface area contributed by atoms with Crippen LogP contribution < -0.4 is 0 Å². The van der Waals surface area contributed by atoms with Gasteiger partial charge in [0.2, 0.25) is 0 Å². The second kappa shape index (κ2) is 13.5. The van der Waals surface area contributed by atoms with Crippen LogP contribution in [-0.2, 0) is 38.0 Å². The average Bonchev–Trinajstić information content (AvgIpc) is 3.73. The van der Waals surface area contributed by atoms with E-state index < -0.39 is 59.4 Å². The molecule has 0 amide bonds. The number of carbonyl (C=O) groups excluding carboxylic acids is 1. The van der Waals surface area contributed by atoms with Crippen molar-refractivity contribution in [3.63, 3.8) is 0 Å². The highest BCUT2D eigenvalue weighted by Gasteiger charge is 2.62. The van der Waals surface area contributed by atoms with E-state index in [2.05, 4.69) is 27.7 Å². The quantitative estimate of drug-likeness (QED) is 0.302. The minimum absolute atomic E-state index is 0.0475. The molecule has 5 aliphatic heterocycles. The van der Waals surface area contributed by atoms with E-state index in [1.807, 2.05) is 20.8 Å². The van der Waals surface area contributed by atoms with E-state index in [9.17, 15) is 24.9 Å². The Morgan fingerprint density at radius 2 is 1.74 bits per heavy atom. The first-order valence-corrected chi connectivity index (χ1v) is 18.0. The Bertz CT molecular complexity index is 1150. The van der Waals surface area contributed by atoms with E-state index in [0.717, 1.165) is 32.1 Å². The van der Waals surface area contributed by atoms with Crippen LogP contribution >= 0.6 is 0 Å². The fourth-order valence-corrected chi connectivity index (χ4v) is 9.74. The Balaban J connectivity index is 1.29. The van der Waals surface area contributed by atoms with Crippen LogP contribution in [0.15, 0.2) is 0 Å². The van der Waals surface area contributed by atoms with E-state index >= 15 is 0 Å². The maximum Gasteiger partial charge on any atom is 0.308 e. The number of ketones is 1. The van der Waals surface area contributed by atoms with Gasteiger partial charge >= 0.3 is 5.97 Å². The molecule has 5 fully saturated rings. The minimum atomic E-state index is -1.57. The first-order valence-electron chi connectivity index (χ1n) is 18.0. The lowest BCUT2D eigenvalue weighted by Gasteiger charge is -2.46. The fourth-order valence-electron chi connectivity index (χ4n) is 9.74. The molecule has 0 aliphatic carbocycles. The molecule has 5 rings (SSSR count). The molecule has 0 aromatic heterocycles. The topological polar surface area (TPSA) is 150 Å². The lowest BCUT2D eigenvalue weighted by Crippen LogP contribution is -2.56. The molecule has 5 saturated heterocycles. The van der Waals surface area contributed by atoms with Crippen LogP contribution in [0, 0.1) is 35.5 Å². The van der Waals surface area contributed by atoms with Crippen LogP contribution in [0.25, 0.3) is 0 Å². The van der Waals surface area contributed by atoms with Crippen molar-refractivity contribution < 1.29 is 53.3 Å². The van der Waals surface area contributed by atoms with Crippen molar-refractivity contribution in [2.75, 3.05) is 13.7 Å². The number of carboxylic acids is 1. The normalized spacial score (nSPS) is 49.3. The predicted octanol–water partition coefficient (Wildman–Crippen LogP) is 4.48. The van der Waals surface area contributed by atoms with Crippen molar-refractivity contribution in [2.45, 2.75) is 166 Å². The lowest BCUT2D eigenvalue weighted by atomic mass is 9.79. The molecule has 1 spiro atoms. The second-order valence-corrected chi connectivity index (χ2v) is 16.1. The van der Waals surface area contributed by atoms with Gasteiger partial charge in [0.05, 0.1) is 66.8 Å². The van der Waals surface area contributed by atoms with Crippen LogP contribution in [0.1, 0.15) is 107 Å². The molecule has 0 aromatic carbocycles. The summed E-state index contributed by atoms with van der Waals surface area (Å²) in [5.74, 6) is -4.91. The van der Waals surface area contributed by atoms with Crippen molar-refractivity contribution in [3.8, 4) is 0 Å². The van der Waals surface area contributed by atoms with Crippen molar-refractivity contribution >= 4 is 11.8 Å². The summed E-state index contributed by atoms with van der Waals surface area (Å²) in [5.41, 5.74) is -1.20. The number of aliphatic hydroxyl groups is 2. The molecule has 11 heteroatoms. The molecular weight excluding hydrogens is 608 g/mol. The van der Waals surface area contributed by atoms with Gasteiger partial charge in [-0.15, -0.1) is 0 Å². The zero-order valence-corrected chi connectivity index (χ0v) is 29.9. The fraction of sp³-hybridized carbons (Fsp3) is 0.944. The van der Waals surface area contributed by atoms with Gasteiger partial charge in [0, 0.05) is 31.3 Å². The molecule has 0 saturated carbocycles. The molecule has 0 aromatic rings. The highest BCUT2D eigenvalue weighted by molar-refractivity contribution is 5.83. The molecule has 5 heterocycles. The van der Waals surface area contributed by atoms with E-state index in [4.69, 9.17) is 28.4 Å². The first-order chi connectivity index (χ1) is 22.0. The summed E-state index contributed by atoms with van der Waals surface area (Å²) < 4.78 is 39.2. The number of aliphatic carboxylic acids is 1. The lowest BCUT2D eigenvalue weighted by molar-refractivity contribution is -0.323. The maximum atomic E-state index is 13.4. The Hall–Kier alpha value is -1.18. The van der Waals surface area contributed by atoms with E-state index in [1.165, 1.54) is 7.11 Å². The van der Waals surface area contributed by atoms with Crippen molar-refractivity contribution in [3.05, 3.63) is 0 Å². The predicted molar refractivity (Wildman–Crippen MR) is 171 cm³/mol. The van der Waals surface area contributed by atoms with Crippen LogP contribution in [0.5, 0.6) is 0 Å². The Morgan fingerprint density at radius 1 is 1.04 bits per heavy atom. The van der Waals surface area contributed by atoms with E-state index in [1.54, 1.807) is 6.92 Å². The summed E-state index contributed by atoms with van der Waals surface area (Å²) in [6, 6.07) is 0. The number of hydrogen-bond acceptors (Lipinski definition) is 10. The third kappa shape index (κ3) is 6.57. The molecule has 11 nitrogen and oxygen atoms in total. The van der Waals surface area contributed by atoms with Crippen LogP contribution in [-0.4, -0.2) is 100 Å². The number of aliphatic hydroxyl groups excluding tert-OH is 1. The SMILES string of the molecule is CC[C@]1([C@@H]2O[C@@H]([C@H]3O[C@@](O)(CO)[C@H](C)C[C@@H]3C)C[C@@H]2C)CC[C@H]([C@@]2(C)CC[C@]3(CC(=O)[C@@H](C)[C@@H]([C@@H](C)[C@@H](OC)[C@H](C)C(=O)O)O3)O2)O1. The monoisotopic (exact) mass is 668 g/mol. The molecule has 47 heavy (non-hydrogen) atoms. The number of methoxy groups -OCH3 is 1. The molecule has 0 unspecified atom stereocenters. The van der Waals surface area contributed by atoms with Crippen LogP contribution in [0.3, 0.4) is 0 Å². The van der Waals surface area contributed by atoms with Crippen LogP contribution in [0.4, 0.5) is 0 Å². The third-order valence-corrected chi connectivity index (χ3v) is 12.8. The number of ether oxygens (including phenoxy) is 6. The summed E-state index contributed by atoms with van der Waals surface area (Å²) in [5, 5.41) is 30.6. The largest absolute Gasteiger partial charge is 0.481 e. The van der Waals surface area contributed by atoms with Crippen molar-refractivity contribution in [2.24, 2.45) is 35.5 Å². The highest BCUT2D eigenvalue weighted by Crippen LogP contribution is 2.54. The summed E-state index contributed by atoms with van der Waals surface area (Å²) in [4.78, 5) is 25.2. The Labute approximate surface area is 280 Å². The minimum Gasteiger partial charge on any atom is -0.481 e. The van der Waals surface area contributed by atoms with Crippen molar-refractivity contribution in [1.29, 1.82) is 0 Å². The Morgan fingerprint density at radius 3 is 2.36 bits per heavy atom. The molecular formula is C36H60O11. The van der Waals surface area contributed by atoms with Gasteiger partial charge in [-0.2, -0.15) is 0 Å². The van der Waals surface area contributed by atoms with Gasteiger partial charge in [-0.05, 0) is 64.2 Å². The smallest absolute Gasteiger partial charge is 0.308 e. The van der Waals surface area contributed by atoms with Gasteiger partial charge in [0.15, 0.2) is 11.6 Å². The maximum absolute atomic E-state index is 13.4. The van der Waals surface area contributed by atoms with Gasteiger partial charge in [-0.25, -0.2) is 0 Å². The number of carbonyl (C=O) groups is 2. The molecule has 16 atom stereocenters. The molecule has 270 valence electrons. The summed E-state index contributed by atoms with van der Waals surface area (Å²) in [6.45, 7) is 15.3. The number of carboxylic acid groups (broad SMARTS) is 1. The van der Waals surface area contributed by atoms with Gasteiger partial charge < -0.3 is 43.7 Å². The summed E-state index contributed by atoms with van der Waals surface area (Å²) in [7, 11) is 1.50. The zero-order chi connectivity index (χ0) is 34.7. The van der Waals surface area contributed by atoms with Gasteiger partial charge in [0.1, 0.15) is 5.78 Å². The standard InChI is InChI=1S/C36H60O11/c1-10-34(31-20(3)16-26(43-31)28-19(2)15-21(4)36(41,18-37)46-28)12-11-27(44-34)33(8)13-14-35(47-33)17-25(38)22(5)30(45-35)23(6)29(42-9)24(7)32(39)40/h19-24,26-31,37,41H,10-18H2,1-9H3,(H,39,40)/t19-,20-,21+,22+,23-,24-,26+,27+,28-,29+,30-,31+,33+,34+,35+,36-/m0/s1. The average molecular weight is 669 g/mol. The van der Waals surface area contributed by atoms with Gasteiger partial charge in [0.25, 0.3) is 0 Å². The molecule has 3 N–H and O–H groups in total. The molecule has 0 radical (unpaired) electrons. The number of Topliss-reactive ketones (excluding diaryl/α,β-unsaturated/α-hetero) is 1. The van der Waals surface area contributed by atoms with E-state index in [-0.39, 0.29) is 60.3 Å². The highest BCUT2D eigenvalue weighted by atomic mass is 16.7. The van der Waals surface area contributed by atoms with Gasteiger partial charge in [-0.1, -0.05) is 41.5 Å². The number of hydrogen-bond donors (Lipinski definition) is 3. The van der Waals surface area contributed by atoms with E-state index in [0.29, 0.717) is 12.8 Å². The van der Waals surface area contributed by atoms with Crippen LogP contribution in [0.2, 0.25) is 0 Å². The zero-order valence-electron chi connectivity index (χ0n) is 29.9. The molecule has 5 aliphatic rings. The first kappa shape index (κ1) is 37.1. The summed E-state index contributed by atoms with van der Waals surface area (Å²) >= 11 is 0. The Kier molecular flexibility index (Phi) is 10.7. The number of rotatable bonds is 10. The van der Waals surface area contributed by atoms with Crippen molar-refractivity contribution in [1.82, 2.24) is 0 Å². The van der Waals surface area contributed by atoms with Gasteiger partial charge in [-0.3, -0.25) is 9.59 Å². The third-order valence-electron chi connectivity index (χ3n) is 12.8. The summed E-state index contributed by atoms with van der Waals surface area (Å²) in [6.07, 6.45) is 3.09. The molecule has 0 bridgehead atoms. The second-order valence-electron chi connectivity index (χ2n) is 16.1.